The van der Waals surface area contributed by atoms with Gasteiger partial charge in [0, 0.05) is 12.3 Å². The molecule has 0 rings (SSSR count). The minimum atomic E-state index is -1.45. The zero-order valence-corrected chi connectivity index (χ0v) is 21.2. The van der Waals surface area contributed by atoms with Crippen molar-refractivity contribution in [1.29, 1.82) is 0 Å². The molecule has 0 saturated heterocycles. The third kappa shape index (κ3) is 18.7. The van der Waals surface area contributed by atoms with Gasteiger partial charge in [-0.3, -0.25) is 0 Å². The van der Waals surface area contributed by atoms with Crippen LogP contribution in [0.15, 0.2) is 0 Å². The highest BCUT2D eigenvalue weighted by molar-refractivity contribution is 4.76. The average molecular weight is 427 g/mol. The lowest BCUT2D eigenvalue weighted by atomic mass is 9.84. The van der Waals surface area contributed by atoms with Gasteiger partial charge in [-0.05, 0) is 19.3 Å². The second-order valence-electron chi connectivity index (χ2n) is 9.91. The quantitative estimate of drug-likeness (QED) is 0.119. The molecule has 0 saturated carbocycles. The molecular weight excluding hydrogens is 368 g/mol. The Hall–Kier alpha value is -0.0800. The first-order valence-corrected chi connectivity index (χ1v) is 14.0. The number of unbranched alkanes of at least 4 members (excludes halogenated alkanes) is 17. The van der Waals surface area contributed by atoms with Crippen LogP contribution < -0.4 is 0 Å². The maximum Gasteiger partial charge on any atom is 0.165 e. The lowest BCUT2D eigenvalue weighted by molar-refractivity contribution is -0.209. The fraction of sp³-hybridized carbons (Fsp3) is 1.00. The zero-order valence-electron chi connectivity index (χ0n) is 21.2. The molecule has 0 aromatic heterocycles. The van der Waals surface area contributed by atoms with Crippen LogP contribution >= 0.6 is 0 Å². The van der Waals surface area contributed by atoms with E-state index in [1.807, 2.05) is 0 Å². The van der Waals surface area contributed by atoms with Gasteiger partial charge in [0.25, 0.3) is 0 Å². The molecule has 0 fully saturated rings. The number of hydrogen-bond donors (Lipinski definition) is 2. The maximum absolute atomic E-state index is 10.9. The van der Waals surface area contributed by atoms with Gasteiger partial charge in [-0.1, -0.05) is 143 Å². The summed E-state index contributed by atoms with van der Waals surface area (Å²) < 4.78 is 0. The Labute approximate surface area is 190 Å². The summed E-state index contributed by atoms with van der Waals surface area (Å²) in [6.45, 7) is 6.77. The van der Waals surface area contributed by atoms with Crippen LogP contribution in [0.2, 0.25) is 0 Å². The molecule has 30 heavy (non-hydrogen) atoms. The van der Waals surface area contributed by atoms with Crippen molar-refractivity contribution in [3.8, 4) is 0 Å². The van der Waals surface area contributed by atoms with Crippen molar-refractivity contribution >= 4 is 0 Å². The van der Waals surface area contributed by atoms with Crippen LogP contribution in [0.25, 0.3) is 0 Å². The first kappa shape index (κ1) is 29.9. The van der Waals surface area contributed by atoms with Crippen LogP contribution in [-0.4, -0.2) is 16.0 Å². The van der Waals surface area contributed by atoms with E-state index < -0.39 is 5.79 Å². The van der Waals surface area contributed by atoms with Crippen LogP contribution in [0.5, 0.6) is 0 Å². The third-order valence-corrected chi connectivity index (χ3v) is 6.86. The highest BCUT2D eigenvalue weighted by Crippen LogP contribution is 2.31. The van der Waals surface area contributed by atoms with Crippen molar-refractivity contribution in [2.75, 3.05) is 0 Å². The zero-order chi connectivity index (χ0) is 22.3. The van der Waals surface area contributed by atoms with Crippen molar-refractivity contribution in [2.45, 2.75) is 174 Å². The van der Waals surface area contributed by atoms with Crippen molar-refractivity contribution in [1.82, 2.24) is 0 Å². The molecule has 2 N–H and O–H groups in total. The van der Waals surface area contributed by atoms with Gasteiger partial charge < -0.3 is 10.2 Å². The Morgan fingerprint density at radius 1 is 0.433 bits per heavy atom. The summed E-state index contributed by atoms with van der Waals surface area (Å²) in [6, 6.07) is 0. The average Bonchev–Trinajstić information content (AvgIpc) is 2.73. The highest BCUT2D eigenvalue weighted by Gasteiger charge is 2.32. The van der Waals surface area contributed by atoms with E-state index in [-0.39, 0.29) is 5.92 Å². The van der Waals surface area contributed by atoms with Crippen LogP contribution in [0.3, 0.4) is 0 Å². The van der Waals surface area contributed by atoms with Crippen LogP contribution in [0.1, 0.15) is 168 Å². The predicted octanol–water partition coefficient (Wildman–Crippen LogP) is 9.32. The molecule has 0 bridgehead atoms. The van der Waals surface area contributed by atoms with E-state index in [4.69, 9.17) is 0 Å². The largest absolute Gasteiger partial charge is 0.365 e. The van der Waals surface area contributed by atoms with Gasteiger partial charge in [0.1, 0.15) is 0 Å². The van der Waals surface area contributed by atoms with Crippen LogP contribution in [0.4, 0.5) is 0 Å². The van der Waals surface area contributed by atoms with Gasteiger partial charge in [-0.2, -0.15) is 0 Å². The summed E-state index contributed by atoms with van der Waals surface area (Å²) in [5, 5.41) is 21.8. The number of aliphatic hydroxyl groups is 2. The fourth-order valence-electron chi connectivity index (χ4n) is 4.67. The van der Waals surface area contributed by atoms with E-state index >= 15 is 0 Å². The van der Waals surface area contributed by atoms with Gasteiger partial charge >= 0.3 is 0 Å². The lowest BCUT2D eigenvalue weighted by Gasteiger charge is -2.32. The van der Waals surface area contributed by atoms with E-state index in [9.17, 15) is 10.2 Å². The molecule has 2 nitrogen and oxygen atoms in total. The minimum Gasteiger partial charge on any atom is -0.365 e. The molecule has 1 atom stereocenters. The maximum atomic E-state index is 10.9. The second kappa shape index (κ2) is 22.1. The predicted molar refractivity (Wildman–Crippen MR) is 134 cm³/mol. The molecule has 0 aromatic carbocycles. The Kier molecular flexibility index (Phi) is 22.1. The summed E-state index contributed by atoms with van der Waals surface area (Å²) in [5.74, 6) is -1.38. The smallest absolute Gasteiger partial charge is 0.165 e. The lowest BCUT2D eigenvalue weighted by Crippen LogP contribution is -2.37. The topological polar surface area (TPSA) is 40.5 Å². The van der Waals surface area contributed by atoms with E-state index in [0.717, 1.165) is 38.5 Å². The van der Waals surface area contributed by atoms with Gasteiger partial charge in [-0.15, -0.1) is 0 Å². The fourth-order valence-corrected chi connectivity index (χ4v) is 4.67. The molecule has 0 amide bonds. The van der Waals surface area contributed by atoms with Gasteiger partial charge in [-0.25, -0.2) is 0 Å². The Balaban J connectivity index is 4.23. The summed E-state index contributed by atoms with van der Waals surface area (Å²) in [6.07, 6.45) is 27.9. The second-order valence-corrected chi connectivity index (χ2v) is 9.91. The van der Waals surface area contributed by atoms with Crippen molar-refractivity contribution < 1.29 is 10.2 Å². The van der Waals surface area contributed by atoms with Crippen LogP contribution in [-0.2, 0) is 0 Å². The normalized spacial score (nSPS) is 13.1. The molecule has 0 aliphatic carbocycles. The Morgan fingerprint density at radius 2 is 0.733 bits per heavy atom. The summed E-state index contributed by atoms with van der Waals surface area (Å²) in [7, 11) is 0. The van der Waals surface area contributed by atoms with Gasteiger partial charge in [0.05, 0.1) is 0 Å². The van der Waals surface area contributed by atoms with E-state index in [1.54, 1.807) is 0 Å². The first-order chi connectivity index (χ1) is 14.6. The molecule has 0 heterocycles. The Bertz CT molecular complexity index is 327. The summed E-state index contributed by atoms with van der Waals surface area (Å²) in [4.78, 5) is 0. The molecule has 1 unspecified atom stereocenters. The molecule has 0 aliphatic rings. The van der Waals surface area contributed by atoms with E-state index in [1.165, 1.54) is 103 Å². The van der Waals surface area contributed by atoms with Gasteiger partial charge in [0.15, 0.2) is 5.79 Å². The molecule has 0 spiro atoms. The SMILES string of the molecule is CCCCCCCCCC(CCCCCCCC)C(O)(O)CCCCCCCCC. The number of hydrogen-bond acceptors (Lipinski definition) is 2. The van der Waals surface area contributed by atoms with Crippen molar-refractivity contribution in [3.05, 3.63) is 0 Å². The molecule has 182 valence electrons. The monoisotopic (exact) mass is 426 g/mol. The molecule has 0 aromatic rings. The molecule has 0 aliphatic heterocycles. The van der Waals surface area contributed by atoms with Crippen LogP contribution in [0, 0.1) is 5.92 Å². The van der Waals surface area contributed by atoms with Crippen molar-refractivity contribution in [3.63, 3.8) is 0 Å². The Morgan fingerprint density at radius 3 is 1.10 bits per heavy atom. The van der Waals surface area contributed by atoms with Gasteiger partial charge in [0.2, 0.25) is 0 Å². The number of rotatable bonds is 24. The molecule has 0 radical (unpaired) electrons. The molecule has 2 heteroatoms. The third-order valence-electron chi connectivity index (χ3n) is 6.86. The van der Waals surface area contributed by atoms with Crippen molar-refractivity contribution in [2.24, 2.45) is 5.92 Å². The first-order valence-electron chi connectivity index (χ1n) is 14.0. The van der Waals surface area contributed by atoms with E-state index in [2.05, 4.69) is 20.8 Å². The summed E-state index contributed by atoms with van der Waals surface area (Å²) in [5.41, 5.74) is 0. The summed E-state index contributed by atoms with van der Waals surface area (Å²) >= 11 is 0. The highest BCUT2D eigenvalue weighted by atomic mass is 16.5. The molecular formula is C28H58O2. The minimum absolute atomic E-state index is 0.0689. The van der Waals surface area contributed by atoms with E-state index in [0.29, 0.717) is 6.42 Å². The standard InChI is InChI=1S/C28H58O2/c1-4-7-10-13-16-19-22-25-27(24-21-18-15-12-9-6-3)28(29,30)26-23-20-17-14-11-8-5-2/h27,29-30H,4-26H2,1-3H3.